The van der Waals surface area contributed by atoms with Crippen molar-refractivity contribution in [3.63, 3.8) is 0 Å². The predicted molar refractivity (Wildman–Crippen MR) is 74.1 cm³/mol. The Balaban J connectivity index is 2.73. The summed E-state index contributed by atoms with van der Waals surface area (Å²) < 4.78 is 24.6. The van der Waals surface area contributed by atoms with E-state index in [1.807, 2.05) is 0 Å². The number of hydrogen-bond acceptors (Lipinski definition) is 3. The third kappa shape index (κ3) is 2.32. The van der Waals surface area contributed by atoms with E-state index in [-0.39, 0.29) is 10.8 Å². The van der Waals surface area contributed by atoms with Gasteiger partial charge in [-0.1, -0.05) is 17.7 Å². The van der Waals surface area contributed by atoms with Crippen LogP contribution in [0.2, 0.25) is 5.02 Å². The standard InChI is InChI=1S/C12H11Cl2NO2S/c1-8(7-13)18(16,17)12-4-5-15-11-6-9(14)2-3-10(11)12/h2-6,8H,7H2,1H3. The highest BCUT2D eigenvalue weighted by Gasteiger charge is 2.24. The van der Waals surface area contributed by atoms with Gasteiger partial charge in [-0.25, -0.2) is 8.42 Å². The van der Waals surface area contributed by atoms with Crippen LogP contribution in [0.15, 0.2) is 35.4 Å². The second kappa shape index (κ2) is 5.03. The minimum Gasteiger partial charge on any atom is -0.256 e. The molecule has 18 heavy (non-hydrogen) atoms. The molecule has 0 radical (unpaired) electrons. The van der Waals surface area contributed by atoms with E-state index in [1.54, 1.807) is 25.1 Å². The first kappa shape index (κ1) is 13.6. The van der Waals surface area contributed by atoms with Gasteiger partial charge in [-0.15, -0.1) is 11.6 Å². The number of hydrogen-bond donors (Lipinski definition) is 0. The molecule has 0 aliphatic heterocycles. The van der Waals surface area contributed by atoms with Gasteiger partial charge in [0.1, 0.15) is 0 Å². The third-order valence-electron chi connectivity index (χ3n) is 2.72. The van der Waals surface area contributed by atoms with E-state index >= 15 is 0 Å². The number of benzene rings is 1. The van der Waals surface area contributed by atoms with Crippen LogP contribution < -0.4 is 0 Å². The van der Waals surface area contributed by atoms with Crippen LogP contribution >= 0.6 is 23.2 Å². The fourth-order valence-electron chi connectivity index (χ4n) is 1.64. The van der Waals surface area contributed by atoms with Crippen molar-refractivity contribution < 1.29 is 8.42 Å². The SMILES string of the molecule is CC(CCl)S(=O)(=O)c1ccnc2cc(Cl)ccc12. The first-order valence-corrected chi connectivity index (χ1v) is 7.77. The fourth-order valence-corrected chi connectivity index (χ4v) is 3.64. The monoisotopic (exact) mass is 303 g/mol. The van der Waals surface area contributed by atoms with E-state index < -0.39 is 15.1 Å². The number of nitrogens with zero attached hydrogens (tertiary/aromatic N) is 1. The molecule has 0 spiro atoms. The van der Waals surface area contributed by atoms with Crippen LogP contribution in [0.25, 0.3) is 10.9 Å². The topological polar surface area (TPSA) is 47.0 Å². The van der Waals surface area contributed by atoms with Crippen molar-refractivity contribution in [2.75, 3.05) is 5.88 Å². The zero-order valence-electron chi connectivity index (χ0n) is 9.60. The van der Waals surface area contributed by atoms with Crippen molar-refractivity contribution in [1.82, 2.24) is 4.98 Å². The van der Waals surface area contributed by atoms with Gasteiger partial charge in [0.25, 0.3) is 0 Å². The third-order valence-corrected chi connectivity index (χ3v) is 5.79. The molecule has 3 nitrogen and oxygen atoms in total. The van der Waals surface area contributed by atoms with Crippen molar-refractivity contribution in [2.24, 2.45) is 0 Å². The number of halogens is 2. The Bertz CT molecular complexity index is 686. The molecule has 0 aliphatic carbocycles. The highest BCUT2D eigenvalue weighted by Crippen LogP contribution is 2.26. The number of alkyl halides is 1. The maximum absolute atomic E-state index is 12.3. The molecule has 1 unspecified atom stereocenters. The van der Waals surface area contributed by atoms with E-state index in [2.05, 4.69) is 4.98 Å². The molecule has 1 aromatic carbocycles. The van der Waals surface area contributed by atoms with Gasteiger partial charge in [0, 0.05) is 22.5 Å². The van der Waals surface area contributed by atoms with E-state index in [1.165, 1.54) is 12.3 Å². The molecule has 1 heterocycles. The Morgan fingerprint density at radius 2 is 2.06 bits per heavy atom. The van der Waals surface area contributed by atoms with Gasteiger partial charge in [-0.05, 0) is 25.1 Å². The Morgan fingerprint density at radius 1 is 1.33 bits per heavy atom. The maximum Gasteiger partial charge on any atom is 0.182 e. The number of pyridine rings is 1. The van der Waals surface area contributed by atoms with Crippen LogP contribution in [-0.2, 0) is 9.84 Å². The molecule has 0 bridgehead atoms. The van der Waals surface area contributed by atoms with Gasteiger partial charge in [-0.3, -0.25) is 4.98 Å². The van der Waals surface area contributed by atoms with Crippen molar-refractivity contribution in [2.45, 2.75) is 17.1 Å². The molecule has 0 saturated heterocycles. The molecule has 6 heteroatoms. The lowest BCUT2D eigenvalue weighted by molar-refractivity contribution is 0.588. The number of rotatable bonds is 3. The molecule has 2 rings (SSSR count). The summed E-state index contributed by atoms with van der Waals surface area (Å²) in [6.45, 7) is 1.59. The molecular weight excluding hydrogens is 293 g/mol. The summed E-state index contributed by atoms with van der Waals surface area (Å²) in [6.07, 6.45) is 1.46. The highest BCUT2D eigenvalue weighted by molar-refractivity contribution is 7.92. The second-order valence-corrected chi connectivity index (χ2v) is 7.06. The molecule has 0 fully saturated rings. The molecule has 0 amide bonds. The summed E-state index contributed by atoms with van der Waals surface area (Å²) in [5, 5.41) is 0.453. The van der Waals surface area contributed by atoms with Gasteiger partial charge in [0.15, 0.2) is 9.84 Å². The quantitative estimate of drug-likeness (QED) is 0.818. The zero-order valence-corrected chi connectivity index (χ0v) is 11.9. The normalized spacial score (nSPS) is 13.7. The van der Waals surface area contributed by atoms with E-state index in [4.69, 9.17) is 23.2 Å². The van der Waals surface area contributed by atoms with Crippen LogP contribution in [0.5, 0.6) is 0 Å². The Morgan fingerprint density at radius 3 is 2.72 bits per heavy atom. The average Bonchev–Trinajstić information content (AvgIpc) is 2.36. The van der Waals surface area contributed by atoms with Gasteiger partial charge in [0.2, 0.25) is 0 Å². The molecule has 1 aromatic heterocycles. The molecular formula is C12H11Cl2NO2S. The minimum absolute atomic E-state index is 0.0553. The summed E-state index contributed by atoms with van der Waals surface area (Å²) in [6, 6.07) is 6.45. The Hall–Kier alpha value is -0.840. The first-order chi connectivity index (χ1) is 8.46. The average molecular weight is 304 g/mol. The molecule has 0 saturated carbocycles. The smallest absolute Gasteiger partial charge is 0.182 e. The molecule has 2 aromatic rings. The lowest BCUT2D eigenvalue weighted by Gasteiger charge is -2.12. The summed E-state index contributed by atoms with van der Waals surface area (Å²) in [7, 11) is -3.44. The lowest BCUT2D eigenvalue weighted by Crippen LogP contribution is -2.19. The first-order valence-electron chi connectivity index (χ1n) is 5.31. The summed E-state index contributed by atoms with van der Waals surface area (Å²) in [5.41, 5.74) is 0.561. The van der Waals surface area contributed by atoms with Gasteiger partial charge < -0.3 is 0 Å². The molecule has 1 atom stereocenters. The van der Waals surface area contributed by atoms with Crippen molar-refractivity contribution >= 4 is 43.9 Å². The maximum atomic E-state index is 12.3. The Kier molecular flexibility index (Phi) is 3.80. The van der Waals surface area contributed by atoms with Crippen LogP contribution in [0, 0.1) is 0 Å². The highest BCUT2D eigenvalue weighted by atomic mass is 35.5. The van der Waals surface area contributed by atoms with Crippen molar-refractivity contribution in [3.8, 4) is 0 Å². The van der Waals surface area contributed by atoms with E-state index in [9.17, 15) is 8.42 Å². The summed E-state index contributed by atoms with van der Waals surface area (Å²) in [4.78, 5) is 4.37. The summed E-state index contributed by atoms with van der Waals surface area (Å²) >= 11 is 11.5. The predicted octanol–water partition coefficient (Wildman–Crippen LogP) is 3.29. The van der Waals surface area contributed by atoms with E-state index in [0.29, 0.717) is 15.9 Å². The molecule has 0 aliphatic rings. The van der Waals surface area contributed by atoms with Gasteiger partial charge in [0.05, 0.1) is 15.7 Å². The Labute approximate surface area is 116 Å². The van der Waals surface area contributed by atoms with Gasteiger partial charge in [-0.2, -0.15) is 0 Å². The number of aromatic nitrogens is 1. The fraction of sp³-hybridized carbons (Fsp3) is 0.250. The van der Waals surface area contributed by atoms with E-state index in [0.717, 1.165) is 0 Å². The number of fused-ring (bicyclic) bond motifs is 1. The van der Waals surface area contributed by atoms with Gasteiger partial charge >= 0.3 is 0 Å². The number of sulfone groups is 1. The van der Waals surface area contributed by atoms with Crippen LogP contribution in [0.4, 0.5) is 0 Å². The minimum atomic E-state index is -3.44. The van der Waals surface area contributed by atoms with Crippen LogP contribution in [0.3, 0.4) is 0 Å². The van der Waals surface area contributed by atoms with Crippen molar-refractivity contribution in [1.29, 1.82) is 0 Å². The molecule has 0 N–H and O–H groups in total. The lowest BCUT2D eigenvalue weighted by atomic mass is 10.2. The second-order valence-electron chi connectivity index (χ2n) is 3.98. The largest absolute Gasteiger partial charge is 0.256 e. The zero-order chi connectivity index (χ0) is 13.3. The van der Waals surface area contributed by atoms with Crippen LogP contribution in [-0.4, -0.2) is 24.5 Å². The van der Waals surface area contributed by atoms with Crippen molar-refractivity contribution in [3.05, 3.63) is 35.5 Å². The summed E-state index contributed by atoms with van der Waals surface area (Å²) in [5.74, 6) is 0.0553. The van der Waals surface area contributed by atoms with Crippen LogP contribution in [0.1, 0.15) is 6.92 Å². The molecule has 96 valence electrons.